The Hall–Kier alpha value is -2.99. The third-order valence-electron chi connectivity index (χ3n) is 3.13. The lowest BCUT2D eigenvalue weighted by molar-refractivity contribution is -0.307. The molecule has 0 amide bonds. The van der Waals surface area contributed by atoms with E-state index in [-0.39, 0.29) is 27.9 Å². The second-order valence-electron chi connectivity index (χ2n) is 4.78. The molecule has 3 rings (SSSR count). The molecule has 1 heterocycles. The van der Waals surface area contributed by atoms with Gasteiger partial charge in [-0.15, -0.1) is 0 Å². The van der Waals surface area contributed by atoms with Gasteiger partial charge in [-0.05, 0) is 24.3 Å². The summed E-state index contributed by atoms with van der Waals surface area (Å²) >= 11 is 6.00. The maximum Gasteiger partial charge on any atom is 0.235 e. The zero-order valence-corrected chi connectivity index (χ0v) is 12.9. The molecule has 0 unspecified atom stereocenters. The minimum atomic E-state index is -1.35. The monoisotopic (exact) mass is 345 g/mol. The quantitative estimate of drug-likeness (QED) is 0.705. The Labute approximate surface area is 140 Å². The summed E-state index contributed by atoms with van der Waals surface area (Å²) in [6.07, 6.45) is 1.16. The third-order valence-corrected chi connectivity index (χ3v) is 3.44. The summed E-state index contributed by atoms with van der Waals surface area (Å²) in [5.41, 5.74) is -0.148. The molecule has 7 heteroatoms. The first-order valence-corrected chi connectivity index (χ1v) is 7.23. The van der Waals surface area contributed by atoms with Crippen LogP contribution >= 0.6 is 11.6 Å². The highest BCUT2D eigenvalue weighted by atomic mass is 35.5. The highest BCUT2D eigenvalue weighted by Gasteiger charge is 2.11. The number of ether oxygens (including phenoxy) is 2. The van der Waals surface area contributed by atoms with Crippen molar-refractivity contribution in [1.29, 1.82) is 0 Å². The molecule has 122 valence electrons. The van der Waals surface area contributed by atoms with Gasteiger partial charge in [0.1, 0.15) is 30.0 Å². The van der Waals surface area contributed by atoms with Crippen molar-refractivity contribution in [2.45, 2.75) is 0 Å². The lowest BCUT2D eigenvalue weighted by Crippen LogP contribution is -2.28. The molecule has 0 aliphatic rings. The van der Waals surface area contributed by atoms with Crippen molar-refractivity contribution in [2.75, 3.05) is 6.61 Å². The van der Waals surface area contributed by atoms with Gasteiger partial charge in [0.15, 0.2) is 0 Å². The predicted octanol–water partition coefficient (Wildman–Crippen LogP) is 2.37. The summed E-state index contributed by atoms with van der Waals surface area (Å²) in [4.78, 5) is 22.8. The summed E-state index contributed by atoms with van der Waals surface area (Å²) in [5, 5.41) is 11.0. The Morgan fingerprint density at radius 1 is 1.17 bits per heavy atom. The Morgan fingerprint density at radius 3 is 2.71 bits per heavy atom. The van der Waals surface area contributed by atoms with Gasteiger partial charge in [-0.1, -0.05) is 23.7 Å². The van der Waals surface area contributed by atoms with Gasteiger partial charge in [0.05, 0.1) is 16.4 Å². The van der Waals surface area contributed by atoms with Crippen molar-refractivity contribution in [1.82, 2.24) is 0 Å². The zero-order valence-electron chi connectivity index (χ0n) is 12.2. The highest BCUT2D eigenvalue weighted by molar-refractivity contribution is 6.32. The fourth-order valence-electron chi connectivity index (χ4n) is 2.04. The van der Waals surface area contributed by atoms with Gasteiger partial charge < -0.3 is 23.8 Å². The van der Waals surface area contributed by atoms with Gasteiger partial charge in [-0.3, -0.25) is 4.79 Å². The molecule has 2 aromatic carbocycles. The van der Waals surface area contributed by atoms with Gasteiger partial charge in [0, 0.05) is 6.07 Å². The van der Waals surface area contributed by atoms with E-state index in [1.165, 1.54) is 18.2 Å². The van der Waals surface area contributed by atoms with Crippen LogP contribution in [0.25, 0.3) is 11.0 Å². The van der Waals surface area contributed by atoms with E-state index in [4.69, 9.17) is 25.5 Å². The fourth-order valence-corrected chi connectivity index (χ4v) is 2.21. The van der Waals surface area contributed by atoms with Crippen molar-refractivity contribution in [3.05, 3.63) is 64.0 Å². The Bertz CT molecular complexity index is 963. The number of carbonyl (C=O) groups is 1. The van der Waals surface area contributed by atoms with E-state index in [1.807, 2.05) is 0 Å². The number of hydrogen-bond acceptors (Lipinski definition) is 6. The zero-order chi connectivity index (χ0) is 17.1. The molecule has 0 radical (unpaired) electrons. The van der Waals surface area contributed by atoms with Crippen LogP contribution in [0.4, 0.5) is 0 Å². The predicted molar refractivity (Wildman–Crippen MR) is 84.5 cm³/mol. The van der Waals surface area contributed by atoms with Crippen LogP contribution < -0.4 is 20.0 Å². The number of rotatable bonds is 5. The third kappa shape index (κ3) is 3.33. The van der Waals surface area contributed by atoms with Gasteiger partial charge >= 0.3 is 0 Å². The SMILES string of the molecule is O=C([O-])COc1ccc2c(=O)c(Oc3ccccc3Cl)coc2c1. The van der Waals surface area contributed by atoms with E-state index < -0.39 is 12.6 Å². The maximum atomic E-state index is 12.4. The van der Waals surface area contributed by atoms with Gasteiger partial charge in [0.25, 0.3) is 0 Å². The molecule has 3 aromatic rings. The average molecular weight is 346 g/mol. The second kappa shape index (κ2) is 6.64. The molecule has 6 nitrogen and oxygen atoms in total. The molecule has 1 aromatic heterocycles. The van der Waals surface area contributed by atoms with Crippen molar-refractivity contribution < 1.29 is 23.8 Å². The number of aliphatic carboxylic acids is 1. The van der Waals surface area contributed by atoms with Crippen LogP contribution in [0.1, 0.15) is 0 Å². The van der Waals surface area contributed by atoms with Crippen molar-refractivity contribution >= 4 is 28.5 Å². The number of halogens is 1. The minimum absolute atomic E-state index is 0.0148. The first-order valence-electron chi connectivity index (χ1n) is 6.85. The molecule has 0 saturated heterocycles. The largest absolute Gasteiger partial charge is 0.546 e. The normalized spacial score (nSPS) is 10.5. The van der Waals surface area contributed by atoms with E-state index in [0.717, 1.165) is 6.26 Å². The van der Waals surface area contributed by atoms with E-state index in [1.54, 1.807) is 24.3 Å². The lowest BCUT2D eigenvalue weighted by Gasteiger charge is -2.09. The van der Waals surface area contributed by atoms with Crippen LogP contribution in [0.15, 0.2) is 57.9 Å². The molecule has 0 N–H and O–H groups in total. The van der Waals surface area contributed by atoms with Crippen molar-refractivity contribution in [3.63, 3.8) is 0 Å². The smallest absolute Gasteiger partial charge is 0.235 e. The van der Waals surface area contributed by atoms with Crippen LogP contribution in [0.3, 0.4) is 0 Å². The van der Waals surface area contributed by atoms with E-state index in [2.05, 4.69) is 0 Å². The number of fused-ring (bicyclic) bond motifs is 1. The van der Waals surface area contributed by atoms with Gasteiger partial charge in [-0.2, -0.15) is 0 Å². The first-order chi connectivity index (χ1) is 11.5. The molecule has 0 fully saturated rings. The van der Waals surface area contributed by atoms with Crippen LogP contribution in [0.2, 0.25) is 5.02 Å². The minimum Gasteiger partial charge on any atom is -0.546 e. The molecule has 0 aliphatic carbocycles. The molecular weight excluding hydrogens is 336 g/mol. The Morgan fingerprint density at radius 2 is 1.96 bits per heavy atom. The second-order valence-corrected chi connectivity index (χ2v) is 5.19. The average Bonchev–Trinajstić information content (AvgIpc) is 2.57. The summed E-state index contributed by atoms with van der Waals surface area (Å²) in [5.74, 6) is -0.784. The summed E-state index contributed by atoms with van der Waals surface area (Å²) in [6.45, 7) is -0.594. The molecule has 0 bridgehead atoms. The topological polar surface area (TPSA) is 88.8 Å². The maximum absolute atomic E-state index is 12.4. The Kier molecular flexibility index (Phi) is 4.39. The number of carbonyl (C=O) groups excluding carboxylic acids is 1. The van der Waals surface area contributed by atoms with E-state index in [9.17, 15) is 14.7 Å². The van der Waals surface area contributed by atoms with Crippen LogP contribution in [0, 0.1) is 0 Å². The number of benzene rings is 2. The fraction of sp³-hybridized carbons (Fsp3) is 0.0588. The highest BCUT2D eigenvalue weighted by Crippen LogP contribution is 2.28. The molecule has 0 aliphatic heterocycles. The summed E-state index contributed by atoms with van der Waals surface area (Å²) in [7, 11) is 0. The number of hydrogen-bond donors (Lipinski definition) is 0. The summed E-state index contributed by atoms with van der Waals surface area (Å²) in [6, 6.07) is 11.1. The molecule has 0 spiro atoms. The standard InChI is InChI=1S/C17H11ClO6/c18-12-3-1-2-4-13(12)24-15-8-23-14-7-10(22-9-16(19)20)5-6-11(14)17(15)21/h1-8H,9H2,(H,19,20)/p-1. The van der Waals surface area contributed by atoms with Crippen LogP contribution in [-0.2, 0) is 4.79 Å². The van der Waals surface area contributed by atoms with E-state index >= 15 is 0 Å². The molecular formula is C17H10ClO6-. The van der Waals surface area contributed by atoms with Crippen LogP contribution in [-0.4, -0.2) is 12.6 Å². The molecule has 0 saturated carbocycles. The van der Waals surface area contributed by atoms with Gasteiger partial charge in [-0.25, -0.2) is 0 Å². The first kappa shape index (κ1) is 15.9. The lowest BCUT2D eigenvalue weighted by atomic mass is 10.2. The van der Waals surface area contributed by atoms with Crippen LogP contribution in [0.5, 0.6) is 17.2 Å². The number of para-hydroxylation sites is 1. The number of carboxylic acids is 1. The van der Waals surface area contributed by atoms with Crippen molar-refractivity contribution in [3.8, 4) is 17.2 Å². The van der Waals surface area contributed by atoms with Gasteiger partial charge in [0.2, 0.25) is 11.2 Å². The number of carboxylic acid groups (broad SMARTS) is 1. The van der Waals surface area contributed by atoms with E-state index in [0.29, 0.717) is 10.8 Å². The summed E-state index contributed by atoms with van der Waals surface area (Å²) < 4.78 is 15.9. The molecule has 0 atom stereocenters. The Balaban J connectivity index is 1.93. The van der Waals surface area contributed by atoms with Crippen molar-refractivity contribution in [2.24, 2.45) is 0 Å². The molecule has 24 heavy (non-hydrogen) atoms.